The molecular weight excluding hydrogens is 276 g/mol. The second-order valence-corrected chi connectivity index (χ2v) is 6.64. The van der Waals surface area contributed by atoms with Gasteiger partial charge >= 0.3 is 0 Å². The third kappa shape index (κ3) is 2.72. The first kappa shape index (κ1) is 15.0. The summed E-state index contributed by atoms with van der Waals surface area (Å²) < 4.78 is 1.77. The second-order valence-electron chi connectivity index (χ2n) is 6.64. The molecule has 5 nitrogen and oxygen atoms in total. The van der Waals surface area contributed by atoms with Crippen LogP contribution in [0, 0.1) is 19.8 Å². The Bertz CT molecular complexity index is 719. The molecule has 0 bridgehead atoms. The van der Waals surface area contributed by atoms with E-state index in [1.54, 1.807) is 4.68 Å². The molecule has 2 aromatic heterocycles. The number of carbonyl (C=O) groups excluding carboxylic acids is 1. The summed E-state index contributed by atoms with van der Waals surface area (Å²) in [6, 6.07) is 2.23. The van der Waals surface area contributed by atoms with Gasteiger partial charge in [0.05, 0.1) is 17.0 Å². The van der Waals surface area contributed by atoms with Gasteiger partial charge in [0.2, 0.25) is 0 Å². The summed E-state index contributed by atoms with van der Waals surface area (Å²) in [5.41, 5.74) is 3.17. The first-order chi connectivity index (χ1) is 10.5. The standard InChI is InChI=1S/C17H24N4O/c1-10-6-5-7-13(8-10)19-17(22)15-9-14-12(3)20-21(4)16(14)18-11(15)2/h9-10,13H,5-8H2,1-4H3,(H,19,22)/t10-,13-/m0/s1. The zero-order valence-corrected chi connectivity index (χ0v) is 13.8. The van der Waals surface area contributed by atoms with Crippen LogP contribution in [-0.2, 0) is 7.05 Å². The molecule has 1 fully saturated rings. The fourth-order valence-electron chi connectivity index (χ4n) is 3.49. The number of rotatable bonds is 2. The van der Waals surface area contributed by atoms with Crippen LogP contribution in [0.15, 0.2) is 6.07 Å². The van der Waals surface area contributed by atoms with Gasteiger partial charge in [-0.15, -0.1) is 0 Å². The van der Waals surface area contributed by atoms with Crippen molar-refractivity contribution in [3.05, 3.63) is 23.0 Å². The van der Waals surface area contributed by atoms with Gasteiger partial charge in [0.25, 0.3) is 5.91 Å². The van der Waals surface area contributed by atoms with Gasteiger partial charge in [-0.1, -0.05) is 19.8 Å². The Kier molecular flexibility index (Phi) is 3.89. The van der Waals surface area contributed by atoms with Crippen molar-refractivity contribution in [2.75, 3.05) is 0 Å². The largest absolute Gasteiger partial charge is 0.349 e. The van der Waals surface area contributed by atoms with E-state index in [2.05, 4.69) is 22.3 Å². The maximum atomic E-state index is 12.6. The Morgan fingerprint density at radius 1 is 1.32 bits per heavy atom. The predicted octanol–water partition coefficient (Wildman–Crippen LogP) is 2.89. The number of aromatic nitrogens is 3. The monoisotopic (exact) mass is 300 g/mol. The second kappa shape index (κ2) is 5.71. The van der Waals surface area contributed by atoms with E-state index in [0.717, 1.165) is 35.3 Å². The van der Waals surface area contributed by atoms with Gasteiger partial charge in [0, 0.05) is 18.5 Å². The summed E-state index contributed by atoms with van der Waals surface area (Å²) in [6.45, 7) is 6.10. The summed E-state index contributed by atoms with van der Waals surface area (Å²) in [6.07, 6.45) is 4.63. The molecule has 1 N–H and O–H groups in total. The summed E-state index contributed by atoms with van der Waals surface area (Å²) in [5, 5.41) is 8.52. The van der Waals surface area contributed by atoms with E-state index in [4.69, 9.17) is 0 Å². The Morgan fingerprint density at radius 3 is 2.82 bits per heavy atom. The van der Waals surface area contributed by atoms with E-state index in [9.17, 15) is 4.79 Å². The van der Waals surface area contributed by atoms with Gasteiger partial charge in [0.1, 0.15) is 0 Å². The Labute approximate surface area is 131 Å². The van der Waals surface area contributed by atoms with Gasteiger partial charge < -0.3 is 5.32 Å². The van der Waals surface area contributed by atoms with Crippen LogP contribution in [0.2, 0.25) is 0 Å². The molecule has 1 aliphatic rings. The number of nitrogens with zero attached hydrogens (tertiary/aromatic N) is 3. The molecule has 0 aliphatic heterocycles. The molecule has 2 heterocycles. The SMILES string of the molecule is Cc1nc2c(cc1C(=O)N[C@H]1CCC[C@H](C)C1)c(C)nn2C. The van der Waals surface area contributed by atoms with Crippen molar-refractivity contribution < 1.29 is 4.79 Å². The van der Waals surface area contributed by atoms with E-state index in [1.807, 2.05) is 27.0 Å². The van der Waals surface area contributed by atoms with Crippen LogP contribution >= 0.6 is 0 Å². The molecular formula is C17H24N4O. The van der Waals surface area contributed by atoms with Crippen molar-refractivity contribution in [3.63, 3.8) is 0 Å². The van der Waals surface area contributed by atoms with Crippen molar-refractivity contribution in [2.24, 2.45) is 13.0 Å². The molecule has 1 aliphatic carbocycles. The highest BCUT2D eigenvalue weighted by Crippen LogP contribution is 2.24. The number of nitrogens with one attached hydrogen (secondary N) is 1. The summed E-state index contributed by atoms with van der Waals surface area (Å²) >= 11 is 0. The van der Waals surface area contributed by atoms with Crippen LogP contribution < -0.4 is 5.32 Å². The molecule has 0 spiro atoms. The third-order valence-electron chi connectivity index (χ3n) is 4.71. The lowest BCUT2D eigenvalue weighted by molar-refractivity contribution is 0.0920. The Morgan fingerprint density at radius 2 is 2.09 bits per heavy atom. The molecule has 3 rings (SSSR count). The lowest BCUT2D eigenvalue weighted by Crippen LogP contribution is -2.38. The molecule has 0 saturated heterocycles. The highest BCUT2D eigenvalue weighted by Gasteiger charge is 2.22. The average Bonchev–Trinajstić information content (AvgIpc) is 2.72. The van der Waals surface area contributed by atoms with Gasteiger partial charge in [-0.3, -0.25) is 9.48 Å². The minimum Gasteiger partial charge on any atom is -0.349 e. The topological polar surface area (TPSA) is 59.8 Å². The fourth-order valence-corrected chi connectivity index (χ4v) is 3.49. The first-order valence-corrected chi connectivity index (χ1v) is 8.07. The van der Waals surface area contributed by atoms with Crippen molar-refractivity contribution in [1.82, 2.24) is 20.1 Å². The Hall–Kier alpha value is -1.91. The first-order valence-electron chi connectivity index (χ1n) is 8.07. The van der Waals surface area contributed by atoms with E-state index in [-0.39, 0.29) is 5.91 Å². The summed E-state index contributed by atoms with van der Waals surface area (Å²) in [7, 11) is 1.88. The van der Waals surface area contributed by atoms with Crippen molar-refractivity contribution >= 4 is 16.9 Å². The van der Waals surface area contributed by atoms with Crippen LogP contribution in [-0.4, -0.2) is 26.7 Å². The highest BCUT2D eigenvalue weighted by atomic mass is 16.1. The molecule has 0 radical (unpaired) electrons. The van der Waals surface area contributed by atoms with Crippen LogP contribution in [0.1, 0.15) is 54.4 Å². The molecule has 0 unspecified atom stereocenters. The predicted molar refractivity (Wildman–Crippen MR) is 86.9 cm³/mol. The zero-order valence-electron chi connectivity index (χ0n) is 13.8. The van der Waals surface area contributed by atoms with Gasteiger partial charge in [-0.05, 0) is 38.7 Å². The minimum atomic E-state index is -0.00532. The molecule has 0 aromatic carbocycles. The number of fused-ring (bicyclic) bond motifs is 1. The minimum absolute atomic E-state index is 0.00532. The molecule has 1 saturated carbocycles. The van der Waals surface area contributed by atoms with Gasteiger partial charge in [0.15, 0.2) is 5.65 Å². The van der Waals surface area contributed by atoms with E-state index < -0.39 is 0 Å². The summed E-state index contributed by atoms with van der Waals surface area (Å²) in [5.74, 6) is 0.690. The van der Waals surface area contributed by atoms with E-state index in [1.165, 1.54) is 12.8 Å². The normalized spacial score (nSPS) is 22.0. The van der Waals surface area contributed by atoms with Crippen LogP contribution in [0.4, 0.5) is 0 Å². The number of pyridine rings is 1. The van der Waals surface area contributed by atoms with Crippen molar-refractivity contribution in [3.8, 4) is 0 Å². The lowest BCUT2D eigenvalue weighted by Gasteiger charge is -2.27. The van der Waals surface area contributed by atoms with Crippen LogP contribution in [0.25, 0.3) is 11.0 Å². The number of aryl methyl sites for hydroxylation is 3. The molecule has 2 atom stereocenters. The lowest BCUT2D eigenvalue weighted by atomic mass is 9.87. The highest BCUT2D eigenvalue weighted by molar-refractivity contribution is 5.98. The molecule has 5 heteroatoms. The van der Waals surface area contributed by atoms with Gasteiger partial charge in [-0.25, -0.2) is 4.98 Å². The molecule has 2 aromatic rings. The molecule has 22 heavy (non-hydrogen) atoms. The maximum absolute atomic E-state index is 12.6. The smallest absolute Gasteiger partial charge is 0.253 e. The van der Waals surface area contributed by atoms with Crippen LogP contribution in [0.3, 0.4) is 0 Å². The average molecular weight is 300 g/mol. The third-order valence-corrected chi connectivity index (χ3v) is 4.71. The van der Waals surface area contributed by atoms with Gasteiger partial charge in [-0.2, -0.15) is 5.10 Å². The fraction of sp³-hybridized carbons (Fsp3) is 0.588. The Balaban J connectivity index is 1.87. The van der Waals surface area contributed by atoms with Crippen molar-refractivity contribution in [1.29, 1.82) is 0 Å². The molecule has 118 valence electrons. The summed E-state index contributed by atoms with van der Waals surface area (Å²) in [4.78, 5) is 17.2. The number of hydrogen-bond donors (Lipinski definition) is 1. The molecule has 1 amide bonds. The maximum Gasteiger partial charge on any atom is 0.253 e. The number of hydrogen-bond acceptors (Lipinski definition) is 3. The number of carbonyl (C=O) groups is 1. The van der Waals surface area contributed by atoms with Crippen LogP contribution in [0.5, 0.6) is 0 Å². The van der Waals surface area contributed by atoms with E-state index in [0.29, 0.717) is 17.5 Å². The zero-order chi connectivity index (χ0) is 15.9. The van der Waals surface area contributed by atoms with E-state index >= 15 is 0 Å². The number of amides is 1. The van der Waals surface area contributed by atoms with Crippen molar-refractivity contribution in [2.45, 2.75) is 52.5 Å². The quantitative estimate of drug-likeness (QED) is 0.927.